The van der Waals surface area contributed by atoms with Gasteiger partial charge in [0.2, 0.25) is 0 Å². The van der Waals surface area contributed by atoms with Gasteiger partial charge in [-0.3, -0.25) is 5.43 Å². The average Bonchev–Trinajstić information content (AvgIpc) is 2.60. The molecule has 0 saturated carbocycles. The van der Waals surface area contributed by atoms with E-state index in [1.54, 1.807) is 36.5 Å². The smallest absolute Gasteiger partial charge is 0.128 e. The molecule has 0 saturated heterocycles. The van der Waals surface area contributed by atoms with Crippen molar-refractivity contribution in [2.75, 3.05) is 5.43 Å². The molecule has 3 rings (SSSR count). The highest BCUT2D eigenvalue weighted by Gasteiger charge is 2.00. The third-order valence-corrected chi connectivity index (χ3v) is 4.23. The van der Waals surface area contributed by atoms with Crippen molar-refractivity contribution in [1.82, 2.24) is 0 Å². The molecule has 0 fully saturated rings. The Bertz CT molecular complexity index is 895. The molecular weight excluding hydrogens is 379 g/mol. The first kappa shape index (κ1) is 17.6. The van der Waals surface area contributed by atoms with Gasteiger partial charge >= 0.3 is 0 Å². The maximum Gasteiger partial charge on any atom is 0.128 e. The van der Waals surface area contributed by atoms with Gasteiger partial charge < -0.3 is 4.74 Å². The van der Waals surface area contributed by atoms with Gasteiger partial charge in [-0.05, 0) is 60.2 Å². The maximum absolute atomic E-state index is 5.97. The lowest BCUT2D eigenvalue weighted by molar-refractivity contribution is 0.482. The third kappa shape index (κ3) is 5.13. The first-order chi connectivity index (χ1) is 12.1. The van der Waals surface area contributed by atoms with Crippen LogP contribution in [0.4, 0.5) is 5.69 Å². The quantitative estimate of drug-likeness (QED) is 0.379. The Morgan fingerprint density at radius 2 is 1.60 bits per heavy atom. The lowest BCUT2D eigenvalue weighted by Crippen LogP contribution is -1.91. The molecule has 0 amide bonds. The summed E-state index contributed by atoms with van der Waals surface area (Å²) in [4.78, 5) is 0. The molecule has 0 unspecified atom stereocenters. The molecule has 3 aromatic carbocycles. The fourth-order valence-electron chi connectivity index (χ4n) is 2.04. The van der Waals surface area contributed by atoms with Crippen LogP contribution < -0.4 is 10.2 Å². The number of nitrogens with one attached hydrogen (secondary N) is 1. The minimum absolute atomic E-state index is 0.472. The average molecular weight is 392 g/mol. The first-order valence-corrected chi connectivity index (χ1v) is 8.51. The van der Waals surface area contributed by atoms with E-state index in [4.69, 9.17) is 39.5 Å². The minimum atomic E-state index is 0.472. The molecule has 0 atom stereocenters. The predicted octanol–water partition coefficient (Wildman–Crippen LogP) is 6.89. The van der Waals surface area contributed by atoms with Crippen LogP contribution in [0.15, 0.2) is 71.8 Å². The van der Waals surface area contributed by atoms with E-state index in [1.165, 1.54) is 0 Å². The Kier molecular flexibility index (Phi) is 5.82. The van der Waals surface area contributed by atoms with E-state index in [2.05, 4.69) is 10.5 Å². The second kappa shape index (κ2) is 8.26. The molecule has 0 aromatic heterocycles. The van der Waals surface area contributed by atoms with Gasteiger partial charge in [0.05, 0.1) is 21.9 Å². The summed E-state index contributed by atoms with van der Waals surface area (Å²) in [6, 6.07) is 20.0. The van der Waals surface area contributed by atoms with Crippen molar-refractivity contribution in [2.45, 2.75) is 0 Å². The SMILES string of the molecule is Clc1ccc(Oc2cccc(/C=N\Nc3ccc(Cl)c(Cl)c3)c2)cc1. The van der Waals surface area contributed by atoms with Crippen LogP contribution in [0.2, 0.25) is 15.1 Å². The second-order valence-electron chi connectivity index (χ2n) is 5.13. The van der Waals surface area contributed by atoms with Crippen molar-refractivity contribution in [2.24, 2.45) is 5.10 Å². The van der Waals surface area contributed by atoms with Gasteiger partial charge in [0.25, 0.3) is 0 Å². The number of rotatable bonds is 5. The van der Waals surface area contributed by atoms with Crippen LogP contribution in [0, 0.1) is 0 Å². The number of hydrazone groups is 1. The molecule has 0 aliphatic heterocycles. The van der Waals surface area contributed by atoms with Crippen molar-refractivity contribution in [3.8, 4) is 11.5 Å². The van der Waals surface area contributed by atoms with Gasteiger partial charge in [-0.15, -0.1) is 0 Å². The predicted molar refractivity (Wildman–Crippen MR) is 106 cm³/mol. The topological polar surface area (TPSA) is 33.6 Å². The van der Waals surface area contributed by atoms with Gasteiger partial charge in [0.15, 0.2) is 0 Å². The van der Waals surface area contributed by atoms with Gasteiger partial charge in [-0.1, -0.05) is 46.9 Å². The summed E-state index contributed by atoms with van der Waals surface area (Å²) in [7, 11) is 0. The van der Waals surface area contributed by atoms with Crippen LogP contribution in [0.25, 0.3) is 0 Å². The Labute approximate surface area is 160 Å². The van der Waals surface area contributed by atoms with E-state index in [1.807, 2.05) is 36.4 Å². The van der Waals surface area contributed by atoms with E-state index >= 15 is 0 Å². The van der Waals surface area contributed by atoms with Crippen LogP contribution in [-0.2, 0) is 0 Å². The third-order valence-electron chi connectivity index (χ3n) is 3.23. The summed E-state index contributed by atoms with van der Waals surface area (Å²) < 4.78 is 5.79. The normalized spacial score (nSPS) is 10.8. The molecule has 6 heteroatoms. The summed E-state index contributed by atoms with van der Waals surface area (Å²) in [5.41, 5.74) is 4.54. The molecule has 0 aliphatic carbocycles. The number of hydrogen-bond donors (Lipinski definition) is 1. The van der Waals surface area contributed by atoms with E-state index in [0.717, 1.165) is 11.3 Å². The Hall–Kier alpha value is -2.20. The van der Waals surface area contributed by atoms with E-state index in [0.29, 0.717) is 26.6 Å². The van der Waals surface area contributed by atoms with Crippen LogP contribution >= 0.6 is 34.8 Å². The molecule has 3 nitrogen and oxygen atoms in total. The molecule has 25 heavy (non-hydrogen) atoms. The first-order valence-electron chi connectivity index (χ1n) is 7.38. The van der Waals surface area contributed by atoms with Gasteiger partial charge in [0, 0.05) is 5.02 Å². The zero-order chi connectivity index (χ0) is 17.6. The summed E-state index contributed by atoms with van der Waals surface area (Å²) in [5.74, 6) is 1.42. The Balaban J connectivity index is 1.66. The van der Waals surface area contributed by atoms with Crippen molar-refractivity contribution in [1.29, 1.82) is 0 Å². The van der Waals surface area contributed by atoms with E-state index in [9.17, 15) is 0 Å². The number of nitrogens with zero attached hydrogens (tertiary/aromatic N) is 1. The van der Waals surface area contributed by atoms with Crippen LogP contribution in [0.3, 0.4) is 0 Å². The lowest BCUT2D eigenvalue weighted by Gasteiger charge is -2.06. The van der Waals surface area contributed by atoms with E-state index < -0.39 is 0 Å². The number of anilines is 1. The highest BCUT2D eigenvalue weighted by molar-refractivity contribution is 6.42. The zero-order valence-corrected chi connectivity index (χ0v) is 15.2. The molecule has 1 N–H and O–H groups in total. The van der Waals surface area contributed by atoms with Crippen LogP contribution in [0.5, 0.6) is 11.5 Å². The van der Waals surface area contributed by atoms with Crippen molar-refractivity contribution < 1.29 is 4.74 Å². The highest BCUT2D eigenvalue weighted by Crippen LogP contribution is 2.25. The Morgan fingerprint density at radius 1 is 0.800 bits per heavy atom. The molecule has 0 bridgehead atoms. The molecule has 0 aliphatic rings. The summed E-state index contributed by atoms with van der Waals surface area (Å²) in [5, 5.41) is 5.84. The van der Waals surface area contributed by atoms with Crippen LogP contribution in [-0.4, -0.2) is 6.21 Å². The van der Waals surface area contributed by atoms with Crippen LogP contribution in [0.1, 0.15) is 5.56 Å². The Morgan fingerprint density at radius 3 is 2.36 bits per heavy atom. The number of halogens is 3. The van der Waals surface area contributed by atoms with Crippen molar-refractivity contribution in [3.63, 3.8) is 0 Å². The van der Waals surface area contributed by atoms with Crippen molar-refractivity contribution in [3.05, 3.63) is 87.4 Å². The molecule has 0 heterocycles. The standard InChI is InChI=1S/C19H13Cl3N2O/c20-14-4-7-16(8-5-14)25-17-3-1-2-13(10-17)12-23-24-15-6-9-18(21)19(22)11-15/h1-12,24H/b23-12-. The minimum Gasteiger partial charge on any atom is -0.457 e. The van der Waals surface area contributed by atoms with Crippen molar-refractivity contribution >= 4 is 46.7 Å². The van der Waals surface area contributed by atoms with E-state index in [-0.39, 0.29) is 0 Å². The van der Waals surface area contributed by atoms with Gasteiger partial charge in [0.1, 0.15) is 11.5 Å². The lowest BCUT2D eigenvalue weighted by atomic mass is 10.2. The van der Waals surface area contributed by atoms with Gasteiger partial charge in [-0.2, -0.15) is 5.10 Å². The summed E-state index contributed by atoms with van der Waals surface area (Å²) in [6.07, 6.45) is 1.69. The largest absolute Gasteiger partial charge is 0.457 e. The maximum atomic E-state index is 5.97. The molecule has 126 valence electrons. The monoisotopic (exact) mass is 390 g/mol. The fourth-order valence-corrected chi connectivity index (χ4v) is 2.47. The number of benzene rings is 3. The number of hydrogen-bond acceptors (Lipinski definition) is 3. The molecule has 0 radical (unpaired) electrons. The molecule has 0 spiro atoms. The number of ether oxygens (including phenoxy) is 1. The highest BCUT2D eigenvalue weighted by atomic mass is 35.5. The summed E-state index contributed by atoms with van der Waals surface area (Å²) in [6.45, 7) is 0. The molecule has 3 aromatic rings. The molecular formula is C19H13Cl3N2O. The fraction of sp³-hybridized carbons (Fsp3) is 0. The summed E-state index contributed by atoms with van der Waals surface area (Å²) >= 11 is 17.7. The second-order valence-corrected chi connectivity index (χ2v) is 6.38. The van der Waals surface area contributed by atoms with Gasteiger partial charge in [-0.25, -0.2) is 0 Å². The zero-order valence-electron chi connectivity index (χ0n) is 12.9.